The van der Waals surface area contributed by atoms with Gasteiger partial charge in [-0.05, 0) is 11.6 Å². The van der Waals surface area contributed by atoms with E-state index in [4.69, 9.17) is 16.9 Å². The number of halogens is 1. The highest BCUT2D eigenvalue weighted by Crippen LogP contribution is 2.36. The summed E-state index contributed by atoms with van der Waals surface area (Å²) in [5.41, 5.74) is 2.56. The minimum absolute atomic E-state index is 0.185. The van der Waals surface area contributed by atoms with Crippen molar-refractivity contribution in [2.75, 3.05) is 0 Å². The average molecular weight is 288 g/mol. The zero-order chi connectivity index (χ0) is 14.7. The van der Waals surface area contributed by atoms with Gasteiger partial charge in [-0.25, -0.2) is 0 Å². The molecule has 1 heterocycles. The predicted molar refractivity (Wildman–Crippen MR) is 78.0 cm³/mol. The first-order chi connectivity index (χ1) is 9.52. The van der Waals surface area contributed by atoms with E-state index in [1.807, 2.05) is 19.3 Å². The molecule has 0 aliphatic carbocycles. The molecule has 2 aromatic rings. The summed E-state index contributed by atoms with van der Waals surface area (Å²) in [7, 11) is 1.81. The van der Waals surface area contributed by atoms with Gasteiger partial charge in [-0.1, -0.05) is 30.3 Å². The lowest BCUT2D eigenvalue weighted by Crippen LogP contribution is -2.01. The molecule has 0 radical (unpaired) electrons. The SMILES string of the molecule is C=C(C#N)CC(O)c1cccc(Cl)c1-c1cnn(C)c1. The standard InChI is InChI=1S/C15H14ClN3O/c1-10(7-17)6-14(20)12-4-3-5-13(16)15(12)11-8-18-19(2)9-11/h3-5,8-9,14,20H,1,6H2,2H3. The van der Waals surface area contributed by atoms with Gasteiger partial charge in [0.05, 0.1) is 18.4 Å². The van der Waals surface area contributed by atoms with Crippen LogP contribution in [0.1, 0.15) is 18.1 Å². The average Bonchev–Trinajstić information content (AvgIpc) is 2.84. The maximum absolute atomic E-state index is 10.3. The summed E-state index contributed by atoms with van der Waals surface area (Å²) in [5.74, 6) is 0. The normalized spacial score (nSPS) is 11.9. The molecule has 1 unspecified atom stereocenters. The summed E-state index contributed by atoms with van der Waals surface area (Å²) in [5, 5.41) is 23.7. The van der Waals surface area contributed by atoms with Crippen molar-refractivity contribution in [3.05, 3.63) is 53.3 Å². The molecule has 4 nitrogen and oxygen atoms in total. The quantitative estimate of drug-likeness (QED) is 0.878. The zero-order valence-electron chi connectivity index (χ0n) is 11.0. The minimum Gasteiger partial charge on any atom is -0.388 e. The Labute approximate surface area is 122 Å². The number of hydrogen-bond acceptors (Lipinski definition) is 3. The fourth-order valence-corrected chi connectivity index (χ4v) is 2.35. The van der Waals surface area contributed by atoms with Gasteiger partial charge in [-0.2, -0.15) is 10.4 Å². The van der Waals surface area contributed by atoms with Crippen LogP contribution in [0.15, 0.2) is 42.7 Å². The van der Waals surface area contributed by atoms with Crippen molar-refractivity contribution in [2.45, 2.75) is 12.5 Å². The second-order valence-electron chi connectivity index (χ2n) is 4.54. The lowest BCUT2D eigenvalue weighted by Gasteiger charge is -2.15. The summed E-state index contributed by atoms with van der Waals surface area (Å²) in [4.78, 5) is 0. The molecule has 102 valence electrons. The van der Waals surface area contributed by atoms with E-state index in [9.17, 15) is 5.11 Å². The molecule has 0 fully saturated rings. The van der Waals surface area contributed by atoms with Gasteiger partial charge in [0.25, 0.3) is 0 Å². The molecule has 0 aliphatic heterocycles. The first-order valence-corrected chi connectivity index (χ1v) is 6.44. The zero-order valence-corrected chi connectivity index (χ0v) is 11.8. The van der Waals surface area contributed by atoms with Crippen molar-refractivity contribution in [1.29, 1.82) is 5.26 Å². The lowest BCUT2D eigenvalue weighted by atomic mass is 9.95. The van der Waals surface area contributed by atoms with Gasteiger partial charge in [-0.15, -0.1) is 0 Å². The Balaban J connectivity index is 2.47. The molecular weight excluding hydrogens is 274 g/mol. The Bertz CT molecular complexity index is 685. The van der Waals surface area contributed by atoms with Gasteiger partial charge >= 0.3 is 0 Å². The number of aliphatic hydroxyl groups is 1. The smallest absolute Gasteiger partial charge is 0.0941 e. The van der Waals surface area contributed by atoms with Crippen LogP contribution >= 0.6 is 11.6 Å². The number of aliphatic hydroxyl groups excluding tert-OH is 1. The van der Waals surface area contributed by atoms with E-state index in [2.05, 4.69) is 11.7 Å². The second-order valence-corrected chi connectivity index (χ2v) is 4.95. The molecule has 0 saturated heterocycles. The first kappa shape index (κ1) is 14.3. The van der Waals surface area contributed by atoms with Crippen LogP contribution in [0, 0.1) is 11.3 Å². The minimum atomic E-state index is -0.823. The summed E-state index contributed by atoms with van der Waals surface area (Å²) in [6, 6.07) is 7.27. The molecule has 0 bridgehead atoms. The molecular formula is C15H14ClN3O. The molecule has 1 aromatic heterocycles. The molecule has 0 spiro atoms. The molecule has 0 amide bonds. The van der Waals surface area contributed by atoms with Crippen LogP contribution in [-0.4, -0.2) is 14.9 Å². The first-order valence-electron chi connectivity index (χ1n) is 6.06. The highest BCUT2D eigenvalue weighted by Gasteiger charge is 2.18. The van der Waals surface area contributed by atoms with Crippen LogP contribution in [-0.2, 0) is 7.05 Å². The molecule has 1 aromatic carbocycles. The van der Waals surface area contributed by atoms with Crippen molar-refractivity contribution < 1.29 is 5.11 Å². The summed E-state index contributed by atoms with van der Waals surface area (Å²) >= 11 is 6.25. The van der Waals surface area contributed by atoms with Gasteiger partial charge in [0.15, 0.2) is 0 Å². The van der Waals surface area contributed by atoms with Crippen LogP contribution in [0.3, 0.4) is 0 Å². The highest BCUT2D eigenvalue weighted by molar-refractivity contribution is 6.33. The number of aromatic nitrogens is 2. The van der Waals surface area contributed by atoms with E-state index < -0.39 is 6.10 Å². The maximum atomic E-state index is 10.3. The Hall–Kier alpha value is -2.09. The van der Waals surface area contributed by atoms with E-state index in [0.29, 0.717) is 16.2 Å². The molecule has 0 aliphatic rings. The number of hydrogen-bond donors (Lipinski definition) is 1. The van der Waals surface area contributed by atoms with Crippen molar-refractivity contribution in [1.82, 2.24) is 9.78 Å². The number of benzene rings is 1. The van der Waals surface area contributed by atoms with Gasteiger partial charge < -0.3 is 5.11 Å². The Morgan fingerprint density at radius 3 is 2.95 bits per heavy atom. The molecule has 20 heavy (non-hydrogen) atoms. The van der Waals surface area contributed by atoms with Crippen molar-refractivity contribution >= 4 is 11.6 Å². The highest BCUT2D eigenvalue weighted by atomic mass is 35.5. The van der Waals surface area contributed by atoms with E-state index in [0.717, 1.165) is 11.1 Å². The van der Waals surface area contributed by atoms with Crippen molar-refractivity contribution in [3.8, 4) is 17.2 Å². The van der Waals surface area contributed by atoms with Crippen LogP contribution < -0.4 is 0 Å². The van der Waals surface area contributed by atoms with Crippen molar-refractivity contribution in [2.24, 2.45) is 7.05 Å². The monoisotopic (exact) mass is 287 g/mol. The number of nitriles is 1. The third kappa shape index (κ3) is 2.90. The molecule has 2 rings (SSSR count). The molecule has 1 atom stereocenters. The Morgan fingerprint density at radius 1 is 1.60 bits per heavy atom. The molecule has 1 N–H and O–H groups in total. The summed E-state index contributed by atoms with van der Waals surface area (Å²) < 4.78 is 1.67. The maximum Gasteiger partial charge on any atom is 0.0941 e. The Morgan fingerprint density at radius 2 is 2.35 bits per heavy atom. The van der Waals surface area contributed by atoms with Gasteiger partial charge in [0.1, 0.15) is 0 Å². The fraction of sp³-hybridized carbons (Fsp3) is 0.200. The topological polar surface area (TPSA) is 61.8 Å². The summed E-state index contributed by atoms with van der Waals surface area (Å²) in [6.45, 7) is 3.60. The van der Waals surface area contributed by atoms with Crippen LogP contribution in [0.4, 0.5) is 0 Å². The van der Waals surface area contributed by atoms with Crippen molar-refractivity contribution in [3.63, 3.8) is 0 Å². The number of aryl methyl sites for hydroxylation is 1. The van der Waals surface area contributed by atoms with E-state index in [-0.39, 0.29) is 6.42 Å². The van der Waals surface area contributed by atoms with Gasteiger partial charge in [0, 0.05) is 41.4 Å². The third-order valence-corrected chi connectivity index (χ3v) is 3.31. The third-order valence-electron chi connectivity index (χ3n) is 3.00. The van der Waals surface area contributed by atoms with Crippen LogP contribution in [0.25, 0.3) is 11.1 Å². The molecule has 5 heteroatoms. The fourth-order valence-electron chi connectivity index (χ4n) is 2.06. The second kappa shape index (κ2) is 5.91. The number of nitrogens with zero attached hydrogens (tertiary/aromatic N) is 3. The summed E-state index contributed by atoms with van der Waals surface area (Å²) in [6.07, 6.45) is 2.88. The van der Waals surface area contributed by atoms with Crippen LogP contribution in [0.5, 0.6) is 0 Å². The van der Waals surface area contributed by atoms with Crippen LogP contribution in [0.2, 0.25) is 5.02 Å². The molecule has 0 saturated carbocycles. The largest absolute Gasteiger partial charge is 0.388 e. The van der Waals surface area contributed by atoms with E-state index in [1.54, 1.807) is 29.1 Å². The van der Waals surface area contributed by atoms with E-state index in [1.165, 1.54) is 0 Å². The van der Waals surface area contributed by atoms with E-state index >= 15 is 0 Å². The number of rotatable bonds is 4. The predicted octanol–water partition coefficient (Wildman–Crippen LogP) is 3.24. The van der Waals surface area contributed by atoms with Gasteiger partial charge in [-0.3, -0.25) is 4.68 Å². The Kier molecular flexibility index (Phi) is 4.23. The van der Waals surface area contributed by atoms with Gasteiger partial charge in [0.2, 0.25) is 0 Å². The lowest BCUT2D eigenvalue weighted by molar-refractivity contribution is 0.180.